The van der Waals surface area contributed by atoms with E-state index in [9.17, 15) is 14.9 Å². The summed E-state index contributed by atoms with van der Waals surface area (Å²) in [5, 5.41) is 10.7. The molecule has 0 radical (unpaired) electrons. The number of nitro groups is 1. The van der Waals surface area contributed by atoms with Gasteiger partial charge >= 0.3 is 5.97 Å². The molecule has 0 aliphatic carbocycles. The monoisotopic (exact) mass is 281 g/mol. The number of esters is 1. The van der Waals surface area contributed by atoms with Gasteiger partial charge in [-0.1, -0.05) is 30.3 Å². The minimum atomic E-state index is -0.469. The van der Waals surface area contributed by atoms with Crippen LogP contribution in [-0.2, 0) is 9.53 Å². The number of carbonyl (C=O) groups excluding carboxylic acids is 1. The van der Waals surface area contributed by atoms with Crippen molar-refractivity contribution in [2.75, 3.05) is 6.61 Å². The van der Waals surface area contributed by atoms with Crippen LogP contribution >= 0.6 is 0 Å². The van der Waals surface area contributed by atoms with Gasteiger partial charge in [-0.3, -0.25) is 10.1 Å². The van der Waals surface area contributed by atoms with Gasteiger partial charge in [0.2, 0.25) is 0 Å². The Morgan fingerprint density at radius 3 is 2.24 bits per heavy atom. The lowest BCUT2D eigenvalue weighted by Crippen LogP contribution is -1.98. The van der Waals surface area contributed by atoms with E-state index in [1.807, 2.05) is 30.3 Å². The van der Waals surface area contributed by atoms with Gasteiger partial charge in [0, 0.05) is 17.7 Å². The molecule has 0 saturated carbocycles. The summed E-state index contributed by atoms with van der Waals surface area (Å²) in [5.41, 5.74) is 2.80. The first-order valence-electron chi connectivity index (χ1n) is 6.37. The van der Waals surface area contributed by atoms with Crippen LogP contribution in [0.15, 0.2) is 54.6 Å². The number of nitro benzene ring substituents is 1. The molecule has 0 amide bonds. The smallest absolute Gasteiger partial charge is 0.339 e. The zero-order valence-electron chi connectivity index (χ0n) is 11.0. The molecule has 0 aromatic heterocycles. The first-order valence-corrected chi connectivity index (χ1v) is 6.37. The van der Waals surface area contributed by atoms with E-state index >= 15 is 0 Å². The van der Waals surface area contributed by atoms with Crippen molar-refractivity contribution < 1.29 is 14.5 Å². The average molecular weight is 281 g/mol. The summed E-state index contributed by atoms with van der Waals surface area (Å²) in [7, 11) is 0. The Morgan fingerprint density at radius 1 is 0.952 bits per heavy atom. The number of non-ortho nitro benzene ring substituents is 1. The van der Waals surface area contributed by atoms with Gasteiger partial charge in [0.05, 0.1) is 10.5 Å². The average Bonchev–Trinajstić information content (AvgIpc) is 2.90. The van der Waals surface area contributed by atoms with Crippen LogP contribution in [0.3, 0.4) is 0 Å². The summed E-state index contributed by atoms with van der Waals surface area (Å²) >= 11 is 0. The van der Waals surface area contributed by atoms with Gasteiger partial charge in [-0.15, -0.1) is 0 Å². The number of hydrogen-bond acceptors (Lipinski definition) is 4. The van der Waals surface area contributed by atoms with Crippen molar-refractivity contribution in [2.24, 2.45) is 0 Å². The quantitative estimate of drug-likeness (QED) is 0.492. The molecule has 0 fully saturated rings. The highest BCUT2D eigenvalue weighted by molar-refractivity contribution is 6.27. The van der Waals surface area contributed by atoms with Crippen LogP contribution < -0.4 is 0 Å². The second-order valence-corrected chi connectivity index (χ2v) is 4.60. The van der Waals surface area contributed by atoms with Crippen molar-refractivity contribution >= 4 is 22.8 Å². The highest BCUT2D eigenvalue weighted by Gasteiger charge is 2.27. The largest absolute Gasteiger partial charge is 0.457 e. The Morgan fingerprint density at radius 2 is 1.62 bits per heavy atom. The molecule has 0 saturated heterocycles. The summed E-state index contributed by atoms with van der Waals surface area (Å²) < 4.78 is 5.12. The molecule has 5 heteroatoms. The molecule has 0 unspecified atom stereocenters. The van der Waals surface area contributed by atoms with E-state index in [2.05, 4.69) is 0 Å². The van der Waals surface area contributed by atoms with Crippen LogP contribution in [0.2, 0.25) is 0 Å². The second kappa shape index (κ2) is 5.20. The number of rotatable bonds is 3. The van der Waals surface area contributed by atoms with E-state index in [0.29, 0.717) is 11.1 Å². The van der Waals surface area contributed by atoms with Crippen molar-refractivity contribution in [2.45, 2.75) is 0 Å². The van der Waals surface area contributed by atoms with Gasteiger partial charge in [-0.05, 0) is 23.3 Å². The van der Waals surface area contributed by atoms with Gasteiger partial charge in [-0.2, -0.15) is 0 Å². The third kappa shape index (κ3) is 2.41. The Labute approximate surface area is 120 Å². The lowest BCUT2D eigenvalue weighted by Gasteiger charge is -2.04. The molecule has 2 aromatic carbocycles. The summed E-state index contributed by atoms with van der Waals surface area (Å²) in [6.07, 6.45) is 0. The van der Waals surface area contributed by atoms with Crippen LogP contribution in [-0.4, -0.2) is 17.5 Å². The van der Waals surface area contributed by atoms with Gasteiger partial charge in [0.15, 0.2) is 0 Å². The first-order chi connectivity index (χ1) is 10.2. The van der Waals surface area contributed by atoms with Crippen LogP contribution in [0.1, 0.15) is 11.1 Å². The van der Waals surface area contributed by atoms with E-state index < -0.39 is 10.9 Å². The third-order valence-electron chi connectivity index (χ3n) is 3.34. The third-order valence-corrected chi connectivity index (χ3v) is 3.34. The maximum atomic E-state index is 12.0. The zero-order valence-corrected chi connectivity index (χ0v) is 11.0. The van der Waals surface area contributed by atoms with Crippen LogP contribution in [0.25, 0.3) is 11.1 Å². The fourth-order valence-corrected chi connectivity index (χ4v) is 2.31. The fraction of sp³-hybridized carbons (Fsp3) is 0.0625. The molecule has 1 heterocycles. The molecule has 1 aliphatic rings. The number of cyclic esters (lactones) is 1. The maximum absolute atomic E-state index is 12.0. The van der Waals surface area contributed by atoms with Crippen LogP contribution in [0.5, 0.6) is 0 Å². The van der Waals surface area contributed by atoms with Gasteiger partial charge in [0.1, 0.15) is 6.61 Å². The standard InChI is InChI=1S/C16H11NO4/c18-16-15(12-6-8-13(9-7-12)17(19)20)14(10-21-16)11-4-2-1-3-5-11/h1-9H,10H2. The summed E-state index contributed by atoms with van der Waals surface area (Å²) in [6.45, 7) is 0.217. The molecular weight excluding hydrogens is 270 g/mol. The molecule has 0 spiro atoms. The normalized spacial score (nSPS) is 14.2. The predicted molar refractivity (Wildman–Crippen MR) is 77.3 cm³/mol. The molecule has 5 nitrogen and oxygen atoms in total. The molecule has 1 aliphatic heterocycles. The Balaban J connectivity index is 2.08. The second-order valence-electron chi connectivity index (χ2n) is 4.60. The summed E-state index contributed by atoms with van der Waals surface area (Å²) in [4.78, 5) is 22.2. The molecule has 3 rings (SSSR count). The molecular formula is C16H11NO4. The maximum Gasteiger partial charge on any atom is 0.339 e. The molecule has 0 bridgehead atoms. The lowest BCUT2D eigenvalue weighted by molar-refractivity contribution is -0.384. The van der Waals surface area contributed by atoms with Crippen molar-refractivity contribution in [3.05, 3.63) is 75.8 Å². The van der Waals surface area contributed by atoms with Gasteiger partial charge < -0.3 is 4.74 Å². The van der Waals surface area contributed by atoms with Gasteiger partial charge in [0.25, 0.3) is 5.69 Å². The van der Waals surface area contributed by atoms with Crippen LogP contribution in [0.4, 0.5) is 5.69 Å². The topological polar surface area (TPSA) is 69.4 Å². The molecule has 2 aromatic rings. The lowest BCUT2D eigenvalue weighted by atomic mass is 9.96. The fourth-order valence-electron chi connectivity index (χ4n) is 2.31. The molecule has 0 N–H and O–H groups in total. The number of carbonyl (C=O) groups is 1. The van der Waals surface area contributed by atoms with Crippen molar-refractivity contribution in [1.82, 2.24) is 0 Å². The first kappa shape index (κ1) is 13.1. The number of nitrogens with zero attached hydrogens (tertiary/aromatic N) is 1. The number of benzene rings is 2. The summed E-state index contributed by atoms with van der Waals surface area (Å²) in [5.74, 6) is -0.400. The van der Waals surface area contributed by atoms with Gasteiger partial charge in [-0.25, -0.2) is 4.79 Å². The number of hydrogen-bond donors (Lipinski definition) is 0. The molecule has 104 valence electrons. The minimum Gasteiger partial charge on any atom is -0.457 e. The van der Waals surface area contributed by atoms with Crippen molar-refractivity contribution in [3.8, 4) is 0 Å². The summed E-state index contributed by atoms with van der Waals surface area (Å²) in [6, 6.07) is 15.4. The predicted octanol–water partition coefficient (Wildman–Crippen LogP) is 3.06. The molecule has 0 atom stereocenters. The highest BCUT2D eigenvalue weighted by Crippen LogP contribution is 2.33. The zero-order chi connectivity index (χ0) is 14.8. The number of ether oxygens (including phenoxy) is 1. The van der Waals surface area contributed by atoms with E-state index in [1.54, 1.807) is 12.1 Å². The van der Waals surface area contributed by atoms with Crippen molar-refractivity contribution in [3.63, 3.8) is 0 Å². The Kier molecular flexibility index (Phi) is 3.23. The SMILES string of the molecule is O=C1OCC(c2ccccc2)=C1c1ccc([N+](=O)[O-])cc1. The minimum absolute atomic E-state index is 0.00743. The van der Waals surface area contributed by atoms with Crippen LogP contribution in [0, 0.1) is 10.1 Å². The van der Waals surface area contributed by atoms with E-state index in [1.165, 1.54) is 12.1 Å². The highest BCUT2D eigenvalue weighted by atomic mass is 16.6. The van der Waals surface area contributed by atoms with E-state index in [0.717, 1.165) is 11.1 Å². The van der Waals surface area contributed by atoms with E-state index in [4.69, 9.17) is 4.74 Å². The molecule has 21 heavy (non-hydrogen) atoms. The Hall–Kier alpha value is -2.95. The van der Waals surface area contributed by atoms with E-state index in [-0.39, 0.29) is 12.3 Å². The Bertz CT molecular complexity index is 733. The van der Waals surface area contributed by atoms with Crippen molar-refractivity contribution in [1.29, 1.82) is 0 Å².